The molecule has 3 aromatic carbocycles. The van der Waals surface area contributed by atoms with Crippen molar-refractivity contribution in [3.8, 4) is 0 Å². The number of fused-ring (bicyclic) bond motifs is 1. The van der Waals surface area contributed by atoms with E-state index in [1.54, 1.807) is 0 Å². The quantitative estimate of drug-likeness (QED) is 0.589. The van der Waals surface area contributed by atoms with Crippen LogP contribution in [0.1, 0.15) is 28.8 Å². The lowest BCUT2D eigenvalue weighted by atomic mass is 9.83. The summed E-state index contributed by atoms with van der Waals surface area (Å²) in [7, 11) is 0. The summed E-state index contributed by atoms with van der Waals surface area (Å²) in [5, 5.41) is 1.29. The SMILES string of the molecule is Cc1ccc(C2NNC3C(=O)N(c4ccc(Cl)cc4)C(c4ccccc4Cl)C32)cc1. The maximum Gasteiger partial charge on any atom is 0.246 e. The van der Waals surface area contributed by atoms with E-state index < -0.39 is 0 Å². The fourth-order valence-electron chi connectivity index (χ4n) is 4.64. The number of hydrogen-bond donors (Lipinski definition) is 2. The lowest BCUT2D eigenvalue weighted by Crippen LogP contribution is -2.41. The van der Waals surface area contributed by atoms with E-state index in [1.165, 1.54) is 5.56 Å². The van der Waals surface area contributed by atoms with Crippen molar-refractivity contribution in [2.45, 2.75) is 25.0 Å². The van der Waals surface area contributed by atoms with E-state index >= 15 is 0 Å². The third-order valence-corrected chi connectivity index (χ3v) is 6.67. The maximum absolute atomic E-state index is 13.5. The molecule has 0 bridgehead atoms. The Morgan fingerprint density at radius 3 is 2.20 bits per heavy atom. The van der Waals surface area contributed by atoms with Crippen molar-refractivity contribution in [1.82, 2.24) is 10.9 Å². The normalized spacial score (nSPS) is 25.6. The van der Waals surface area contributed by atoms with Crippen LogP contribution >= 0.6 is 23.2 Å². The highest BCUT2D eigenvalue weighted by atomic mass is 35.5. The highest BCUT2D eigenvalue weighted by Crippen LogP contribution is 2.50. The second-order valence-electron chi connectivity index (χ2n) is 7.88. The topological polar surface area (TPSA) is 44.4 Å². The number of rotatable bonds is 3. The fraction of sp³-hybridized carbons (Fsp3) is 0.208. The van der Waals surface area contributed by atoms with Gasteiger partial charge in [0.25, 0.3) is 0 Å². The lowest BCUT2D eigenvalue weighted by Gasteiger charge is -2.32. The van der Waals surface area contributed by atoms with Crippen LogP contribution in [0.25, 0.3) is 0 Å². The third kappa shape index (κ3) is 3.21. The first-order valence-electron chi connectivity index (χ1n) is 9.95. The van der Waals surface area contributed by atoms with E-state index in [1.807, 2.05) is 53.4 Å². The average molecular weight is 438 g/mol. The van der Waals surface area contributed by atoms with E-state index in [-0.39, 0.29) is 30.0 Å². The van der Waals surface area contributed by atoms with E-state index in [0.717, 1.165) is 16.8 Å². The zero-order valence-corrected chi connectivity index (χ0v) is 17.9. The Morgan fingerprint density at radius 2 is 1.50 bits per heavy atom. The monoisotopic (exact) mass is 437 g/mol. The van der Waals surface area contributed by atoms with Crippen LogP contribution < -0.4 is 15.8 Å². The number of hydrogen-bond acceptors (Lipinski definition) is 3. The summed E-state index contributed by atoms with van der Waals surface area (Å²) in [4.78, 5) is 15.4. The molecule has 2 aliphatic rings. The molecule has 6 heteroatoms. The number of amides is 1. The zero-order valence-electron chi connectivity index (χ0n) is 16.3. The van der Waals surface area contributed by atoms with Crippen molar-refractivity contribution < 1.29 is 4.79 Å². The number of hydrazine groups is 1. The molecule has 2 heterocycles. The van der Waals surface area contributed by atoms with Crippen LogP contribution in [-0.4, -0.2) is 11.9 Å². The highest BCUT2D eigenvalue weighted by Gasteiger charge is 2.56. The van der Waals surface area contributed by atoms with Crippen molar-refractivity contribution in [2.24, 2.45) is 5.92 Å². The molecule has 152 valence electrons. The van der Waals surface area contributed by atoms with Gasteiger partial charge in [0, 0.05) is 21.7 Å². The van der Waals surface area contributed by atoms with E-state index in [4.69, 9.17) is 23.2 Å². The van der Waals surface area contributed by atoms with Crippen LogP contribution in [-0.2, 0) is 4.79 Å². The molecule has 0 radical (unpaired) electrons. The zero-order chi connectivity index (χ0) is 20.8. The Bertz CT molecular complexity index is 1080. The Labute approximate surface area is 185 Å². The summed E-state index contributed by atoms with van der Waals surface area (Å²) in [6.07, 6.45) is 0. The fourth-order valence-corrected chi connectivity index (χ4v) is 5.02. The molecule has 2 N–H and O–H groups in total. The maximum atomic E-state index is 13.5. The molecule has 5 rings (SSSR count). The largest absolute Gasteiger partial charge is 0.303 e. The molecule has 30 heavy (non-hydrogen) atoms. The van der Waals surface area contributed by atoms with E-state index in [2.05, 4.69) is 42.0 Å². The Hall–Kier alpha value is -2.37. The van der Waals surface area contributed by atoms with Crippen LogP contribution in [0.2, 0.25) is 10.0 Å². The molecule has 0 aliphatic carbocycles. The van der Waals surface area contributed by atoms with Crippen LogP contribution in [0.15, 0.2) is 72.8 Å². The number of carbonyl (C=O) groups excluding carboxylic acids is 1. The first-order valence-corrected chi connectivity index (χ1v) is 10.7. The van der Waals surface area contributed by atoms with Gasteiger partial charge in [-0.15, -0.1) is 0 Å². The Balaban J connectivity index is 1.64. The molecule has 1 amide bonds. The van der Waals surface area contributed by atoms with Crippen molar-refractivity contribution >= 4 is 34.8 Å². The predicted octanol–water partition coefficient (Wildman–Crippen LogP) is 5.22. The van der Waals surface area contributed by atoms with Crippen LogP contribution in [0.5, 0.6) is 0 Å². The summed E-state index contributed by atoms with van der Waals surface area (Å²) in [6.45, 7) is 2.07. The van der Waals surface area contributed by atoms with Crippen LogP contribution in [0, 0.1) is 12.8 Å². The van der Waals surface area contributed by atoms with Gasteiger partial charge in [-0.25, -0.2) is 10.9 Å². The average Bonchev–Trinajstić information content (AvgIpc) is 3.29. The summed E-state index contributed by atoms with van der Waals surface area (Å²) >= 11 is 12.7. The summed E-state index contributed by atoms with van der Waals surface area (Å²) in [5.74, 6) is -0.00913. The number of halogens is 2. The van der Waals surface area contributed by atoms with Gasteiger partial charge in [-0.3, -0.25) is 4.79 Å². The molecule has 3 aromatic rings. The molecule has 4 unspecified atom stereocenters. The van der Waals surface area contributed by atoms with Gasteiger partial charge in [-0.2, -0.15) is 0 Å². The molecular formula is C24H21Cl2N3O. The molecular weight excluding hydrogens is 417 g/mol. The van der Waals surface area contributed by atoms with Gasteiger partial charge in [0.05, 0.1) is 12.1 Å². The van der Waals surface area contributed by atoms with Gasteiger partial charge in [-0.1, -0.05) is 71.2 Å². The van der Waals surface area contributed by atoms with Gasteiger partial charge in [0.1, 0.15) is 6.04 Å². The molecule has 2 aliphatic heterocycles. The molecule has 0 spiro atoms. The van der Waals surface area contributed by atoms with E-state index in [0.29, 0.717) is 10.0 Å². The van der Waals surface area contributed by atoms with Crippen LogP contribution in [0.4, 0.5) is 5.69 Å². The molecule has 4 nitrogen and oxygen atoms in total. The van der Waals surface area contributed by atoms with Crippen LogP contribution in [0.3, 0.4) is 0 Å². The lowest BCUT2D eigenvalue weighted by molar-refractivity contribution is -0.119. The highest BCUT2D eigenvalue weighted by molar-refractivity contribution is 6.31. The number of benzene rings is 3. The van der Waals surface area contributed by atoms with Crippen molar-refractivity contribution in [2.75, 3.05) is 4.90 Å². The minimum Gasteiger partial charge on any atom is -0.303 e. The summed E-state index contributed by atoms with van der Waals surface area (Å²) < 4.78 is 0. The predicted molar refractivity (Wildman–Crippen MR) is 121 cm³/mol. The number of aryl methyl sites for hydroxylation is 1. The first kappa shape index (κ1) is 19.6. The summed E-state index contributed by atoms with van der Waals surface area (Å²) in [5.41, 5.74) is 10.7. The van der Waals surface area contributed by atoms with Gasteiger partial charge < -0.3 is 4.90 Å². The van der Waals surface area contributed by atoms with Gasteiger partial charge in [0.15, 0.2) is 0 Å². The molecule has 2 fully saturated rings. The van der Waals surface area contributed by atoms with Crippen molar-refractivity contribution in [3.05, 3.63) is 99.5 Å². The van der Waals surface area contributed by atoms with Crippen molar-refractivity contribution in [1.29, 1.82) is 0 Å². The van der Waals surface area contributed by atoms with E-state index in [9.17, 15) is 4.79 Å². The Morgan fingerprint density at radius 1 is 0.833 bits per heavy atom. The third-order valence-electron chi connectivity index (χ3n) is 6.08. The van der Waals surface area contributed by atoms with Gasteiger partial charge in [-0.05, 0) is 48.4 Å². The Kier molecular flexibility index (Phi) is 5.03. The number of nitrogens with one attached hydrogen (secondary N) is 2. The molecule has 4 atom stereocenters. The van der Waals surface area contributed by atoms with Gasteiger partial charge >= 0.3 is 0 Å². The minimum atomic E-state index is -0.353. The number of carbonyl (C=O) groups is 1. The molecule has 2 saturated heterocycles. The summed E-state index contributed by atoms with van der Waals surface area (Å²) in [6, 6.07) is 23.0. The first-order chi connectivity index (χ1) is 14.5. The van der Waals surface area contributed by atoms with Crippen molar-refractivity contribution in [3.63, 3.8) is 0 Å². The van der Waals surface area contributed by atoms with Gasteiger partial charge in [0.2, 0.25) is 5.91 Å². The number of nitrogens with zero attached hydrogens (tertiary/aromatic N) is 1. The second-order valence-corrected chi connectivity index (χ2v) is 8.73. The molecule has 0 saturated carbocycles. The minimum absolute atomic E-state index is 0.0225. The second kappa shape index (κ2) is 7.71. The standard InChI is InChI=1S/C24H21Cl2N3O/c1-14-6-8-15(9-7-14)21-20-22(28-27-21)24(30)29(17-12-10-16(25)11-13-17)23(20)18-4-2-3-5-19(18)26/h2-13,20-23,27-28H,1H3. The smallest absolute Gasteiger partial charge is 0.246 e. The number of anilines is 1. The molecule has 0 aromatic heterocycles.